The first-order valence-corrected chi connectivity index (χ1v) is 5.47. The van der Waals surface area contributed by atoms with E-state index in [2.05, 4.69) is 0 Å². The summed E-state index contributed by atoms with van der Waals surface area (Å²) in [5.74, 6) is 0.0212. The molecule has 1 unspecified atom stereocenters. The van der Waals surface area contributed by atoms with Crippen LogP contribution < -0.4 is 4.74 Å². The molecule has 17 heavy (non-hydrogen) atoms. The fourth-order valence-corrected chi connectivity index (χ4v) is 2.25. The van der Waals surface area contributed by atoms with Gasteiger partial charge in [-0.1, -0.05) is 0 Å². The Morgan fingerprint density at radius 1 is 1.41 bits per heavy atom. The number of hydrogen-bond donors (Lipinski definition) is 1. The van der Waals surface area contributed by atoms with Crippen LogP contribution in [0.2, 0.25) is 0 Å². The summed E-state index contributed by atoms with van der Waals surface area (Å²) in [7, 11) is 1.51. The summed E-state index contributed by atoms with van der Waals surface area (Å²) in [6.45, 7) is 1.48. The predicted octanol–water partition coefficient (Wildman–Crippen LogP) is 1.73. The quantitative estimate of drug-likeness (QED) is 0.846. The Morgan fingerprint density at radius 3 is 2.71 bits per heavy atom. The van der Waals surface area contributed by atoms with Crippen molar-refractivity contribution in [2.75, 3.05) is 7.11 Å². The fourth-order valence-electron chi connectivity index (χ4n) is 2.25. The third kappa shape index (κ3) is 1.90. The fraction of sp³-hybridized carbons (Fsp3) is 0.385. The van der Waals surface area contributed by atoms with E-state index < -0.39 is 0 Å². The van der Waals surface area contributed by atoms with Crippen LogP contribution in [-0.2, 0) is 11.2 Å². The summed E-state index contributed by atoms with van der Waals surface area (Å²) in [5, 5.41) is 9.71. The predicted molar refractivity (Wildman–Crippen MR) is 61.5 cm³/mol. The van der Waals surface area contributed by atoms with Crippen molar-refractivity contribution in [2.24, 2.45) is 5.92 Å². The van der Waals surface area contributed by atoms with Crippen LogP contribution in [-0.4, -0.2) is 23.8 Å². The zero-order valence-electron chi connectivity index (χ0n) is 9.82. The first kappa shape index (κ1) is 11.6. The van der Waals surface area contributed by atoms with Crippen LogP contribution >= 0.6 is 0 Å². The number of phenols is 1. The minimum absolute atomic E-state index is 0.00519. The van der Waals surface area contributed by atoms with Gasteiger partial charge in [-0.3, -0.25) is 9.59 Å². The summed E-state index contributed by atoms with van der Waals surface area (Å²) in [6.07, 6.45) is 0.622. The SMILES string of the molecule is COc1ccc(O)c2c1CC(C(C)=O)CC2=O. The van der Waals surface area contributed by atoms with Gasteiger partial charge in [-0.05, 0) is 25.5 Å². The van der Waals surface area contributed by atoms with Gasteiger partial charge >= 0.3 is 0 Å². The van der Waals surface area contributed by atoms with Crippen LogP contribution in [0.3, 0.4) is 0 Å². The molecule has 0 saturated heterocycles. The molecule has 0 heterocycles. The topological polar surface area (TPSA) is 63.6 Å². The lowest BCUT2D eigenvalue weighted by atomic mass is 9.80. The van der Waals surface area contributed by atoms with E-state index >= 15 is 0 Å². The van der Waals surface area contributed by atoms with E-state index in [9.17, 15) is 14.7 Å². The number of Topliss-reactive ketones (excluding diaryl/α,β-unsaturated/α-hetero) is 2. The number of carbonyl (C=O) groups excluding carboxylic acids is 2. The average Bonchev–Trinajstić information content (AvgIpc) is 2.28. The van der Waals surface area contributed by atoms with Crippen LogP contribution in [0, 0.1) is 5.92 Å². The number of ketones is 2. The number of aromatic hydroxyl groups is 1. The third-order valence-corrected chi connectivity index (χ3v) is 3.20. The highest BCUT2D eigenvalue weighted by Crippen LogP contribution is 2.37. The number of benzene rings is 1. The maximum atomic E-state index is 11.9. The molecule has 1 aromatic rings. The molecule has 1 aromatic carbocycles. The molecule has 2 rings (SSSR count). The Hall–Kier alpha value is -1.84. The molecule has 0 aliphatic heterocycles. The first-order valence-electron chi connectivity index (χ1n) is 5.47. The highest BCUT2D eigenvalue weighted by molar-refractivity contribution is 6.04. The number of hydrogen-bond acceptors (Lipinski definition) is 4. The number of ether oxygens (including phenoxy) is 1. The molecule has 0 spiro atoms. The Balaban J connectivity index is 2.55. The zero-order valence-corrected chi connectivity index (χ0v) is 9.82. The van der Waals surface area contributed by atoms with Crippen LogP contribution in [0.25, 0.3) is 0 Å². The normalized spacial score (nSPS) is 18.7. The van der Waals surface area contributed by atoms with Gasteiger partial charge < -0.3 is 9.84 Å². The first-order chi connectivity index (χ1) is 8.04. The van der Waals surface area contributed by atoms with Crippen LogP contribution in [0.4, 0.5) is 0 Å². The molecule has 1 N–H and O–H groups in total. The van der Waals surface area contributed by atoms with Crippen molar-refractivity contribution < 1.29 is 19.4 Å². The maximum Gasteiger partial charge on any atom is 0.167 e. The Kier molecular flexibility index (Phi) is 2.88. The summed E-state index contributed by atoms with van der Waals surface area (Å²) >= 11 is 0. The van der Waals surface area contributed by atoms with Gasteiger partial charge in [-0.15, -0.1) is 0 Å². The molecule has 0 saturated carbocycles. The van der Waals surface area contributed by atoms with E-state index in [1.165, 1.54) is 20.1 Å². The minimum Gasteiger partial charge on any atom is -0.507 e. The second kappa shape index (κ2) is 4.20. The highest BCUT2D eigenvalue weighted by Gasteiger charge is 2.32. The lowest BCUT2D eigenvalue weighted by molar-refractivity contribution is -0.120. The van der Waals surface area contributed by atoms with Gasteiger partial charge in [0.25, 0.3) is 0 Å². The van der Waals surface area contributed by atoms with Gasteiger partial charge in [0.05, 0.1) is 12.7 Å². The van der Waals surface area contributed by atoms with E-state index in [1.54, 1.807) is 6.07 Å². The number of rotatable bonds is 2. The summed E-state index contributed by atoms with van der Waals surface area (Å²) in [6, 6.07) is 3.06. The molecular formula is C13H14O4. The van der Waals surface area contributed by atoms with Gasteiger partial charge in [0.15, 0.2) is 5.78 Å². The van der Waals surface area contributed by atoms with E-state index in [0.717, 1.165) is 0 Å². The maximum absolute atomic E-state index is 11.9. The largest absolute Gasteiger partial charge is 0.507 e. The van der Waals surface area contributed by atoms with Crippen LogP contribution in [0.15, 0.2) is 12.1 Å². The minimum atomic E-state index is -0.300. The monoisotopic (exact) mass is 234 g/mol. The standard InChI is InChI=1S/C13H14O4/c1-7(14)8-5-9-12(17-2)4-3-10(15)13(9)11(16)6-8/h3-4,8,15H,5-6H2,1-2H3. The molecule has 0 fully saturated rings. The summed E-state index contributed by atoms with van der Waals surface area (Å²) < 4.78 is 5.17. The smallest absolute Gasteiger partial charge is 0.167 e. The van der Waals surface area contributed by atoms with Gasteiger partial charge in [-0.2, -0.15) is 0 Å². The van der Waals surface area contributed by atoms with E-state index in [1.807, 2.05) is 0 Å². The molecule has 1 atom stereocenters. The highest BCUT2D eigenvalue weighted by atomic mass is 16.5. The van der Waals surface area contributed by atoms with Gasteiger partial charge in [0, 0.05) is 17.9 Å². The summed E-state index contributed by atoms with van der Waals surface area (Å²) in [5.41, 5.74) is 0.950. The van der Waals surface area contributed by atoms with Crippen molar-refractivity contribution in [3.8, 4) is 11.5 Å². The van der Waals surface area contributed by atoms with Gasteiger partial charge in [-0.25, -0.2) is 0 Å². The van der Waals surface area contributed by atoms with Crippen LogP contribution in [0.5, 0.6) is 11.5 Å². The Bertz CT molecular complexity index is 490. The Morgan fingerprint density at radius 2 is 2.12 bits per heavy atom. The molecule has 4 nitrogen and oxygen atoms in total. The lowest BCUT2D eigenvalue weighted by Gasteiger charge is -2.24. The second-order valence-corrected chi connectivity index (χ2v) is 4.28. The van der Waals surface area contributed by atoms with E-state index in [0.29, 0.717) is 23.3 Å². The van der Waals surface area contributed by atoms with Crippen molar-refractivity contribution in [3.63, 3.8) is 0 Å². The molecule has 0 bridgehead atoms. The molecule has 90 valence electrons. The number of carbonyl (C=O) groups is 2. The molecular weight excluding hydrogens is 220 g/mol. The zero-order chi connectivity index (χ0) is 12.6. The number of methoxy groups -OCH3 is 1. The van der Waals surface area contributed by atoms with E-state index in [4.69, 9.17) is 4.74 Å². The molecule has 0 amide bonds. The summed E-state index contributed by atoms with van der Waals surface area (Å²) in [4.78, 5) is 23.3. The van der Waals surface area contributed by atoms with Gasteiger partial charge in [0.1, 0.15) is 17.3 Å². The van der Waals surface area contributed by atoms with Gasteiger partial charge in [0.2, 0.25) is 0 Å². The molecule has 1 aliphatic carbocycles. The Labute approximate surface area is 99.2 Å². The van der Waals surface area contributed by atoms with Crippen molar-refractivity contribution >= 4 is 11.6 Å². The third-order valence-electron chi connectivity index (χ3n) is 3.20. The molecule has 0 aromatic heterocycles. The average molecular weight is 234 g/mol. The second-order valence-electron chi connectivity index (χ2n) is 4.28. The van der Waals surface area contributed by atoms with Crippen molar-refractivity contribution in [3.05, 3.63) is 23.3 Å². The number of fused-ring (bicyclic) bond motifs is 1. The van der Waals surface area contributed by atoms with Crippen molar-refractivity contribution in [1.29, 1.82) is 0 Å². The van der Waals surface area contributed by atoms with E-state index in [-0.39, 0.29) is 29.7 Å². The van der Waals surface area contributed by atoms with Crippen LogP contribution in [0.1, 0.15) is 29.3 Å². The van der Waals surface area contributed by atoms with Crippen molar-refractivity contribution in [2.45, 2.75) is 19.8 Å². The number of phenolic OH excluding ortho intramolecular Hbond substituents is 1. The molecule has 1 aliphatic rings. The van der Waals surface area contributed by atoms with Crippen molar-refractivity contribution in [1.82, 2.24) is 0 Å². The molecule has 0 radical (unpaired) electrons. The lowest BCUT2D eigenvalue weighted by Crippen LogP contribution is -2.25. The molecule has 4 heteroatoms.